The summed E-state index contributed by atoms with van der Waals surface area (Å²) in [5.41, 5.74) is 0.0593. The highest BCUT2D eigenvalue weighted by Crippen LogP contribution is 2.50. The SMILES string of the molecule is Cc1ccc(S(=O)(=O)N2CC3(C2)CN(S(=O)(=O)C(C)(C)C)C3C(=O)O)cc1. The van der Waals surface area contributed by atoms with E-state index in [0.717, 1.165) is 9.87 Å². The van der Waals surface area contributed by atoms with E-state index in [1.165, 1.54) is 37.2 Å². The van der Waals surface area contributed by atoms with Crippen LogP contribution < -0.4 is 0 Å². The van der Waals surface area contributed by atoms with Gasteiger partial charge in [0, 0.05) is 25.0 Å². The van der Waals surface area contributed by atoms with Gasteiger partial charge in [0.1, 0.15) is 6.04 Å². The van der Waals surface area contributed by atoms with E-state index in [2.05, 4.69) is 0 Å². The largest absolute Gasteiger partial charge is 0.480 e. The summed E-state index contributed by atoms with van der Waals surface area (Å²) in [5.74, 6) is -1.25. The van der Waals surface area contributed by atoms with Gasteiger partial charge in [-0.05, 0) is 39.8 Å². The van der Waals surface area contributed by atoms with Gasteiger partial charge < -0.3 is 5.11 Å². The van der Waals surface area contributed by atoms with Gasteiger partial charge in [-0.1, -0.05) is 17.7 Å². The third-order valence-electron chi connectivity index (χ3n) is 5.30. The van der Waals surface area contributed by atoms with Crippen LogP contribution >= 0.6 is 0 Å². The molecule has 2 heterocycles. The van der Waals surface area contributed by atoms with Gasteiger partial charge in [0.15, 0.2) is 0 Å². The predicted molar refractivity (Wildman–Crippen MR) is 99.2 cm³/mol. The van der Waals surface area contributed by atoms with Gasteiger partial charge >= 0.3 is 5.97 Å². The van der Waals surface area contributed by atoms with Crippen molar-refractivity contribution in [2.24, 2.45) is 5.41 Å². The van der Waals surface area contributed by atoms with Crippen molar-refractivity contribution in [1.29, 1.82) is 0 Å². The molecular formula is C17H24N2O6S2. The zero-order valence-corrected chi connectivity index (χ0v) is 17.3. The lowest BCUT2D eigenvalue weighted by Gasteiger charge is -2.62. The molecule has 0 aliphatic carbocycles. The molecule has 2 aliphatic heterocycles. The molecule has 10 heteroatoms. The third-order valence-corrected chi connectivity index (χ3v) is 9.61. The van der Waals surface area contributed by atoms with E-state index < -0.39 is 42.2 Å². The Morgan fingerprint density at radius 1 is 1.07 bits per heavy atom. The molecule has 27 heavy (non-hydrogen) atoms. The number of sulfonamides is 2. The molecule has 1 unspecified atom stereocenters. The molecule has 0 amide bonds. The number of carbonyl (C=O) groups is 1. The number of carboxylic acids is 1. The van der Waals surface area contributed by atoms with E-state index in [-0.39, 0.29) is 24.5 Å². The molecule has 0 aromatic heterocycles. The van der Waals surface area contributed by atoms with Crippen molar-refractivity contribution in [3.63, 3.8) is 0 Å². The van der Waals surface area contributed by atoms with Crippen molar-refractivity contribution in [1.82, 2.24) is 8.61 Å². The van der Waals surface area contributed by atoms with E-state index in [4.69, 9.17) is 0 Å². The smallest absolute Gasteiger partial charge is 0.322 e. The lowest BCUT2D eigenvalue weighted by atomic mass is 9.68. The van der Waals surface area contributed by atoms with Crippen LogP contribution in [-0.4, -0.2) is 66.9 Å². The number of aryl methyl sites for hydroxylation is 1. The van der Waals surface area contributed by atoms with Gasteiger partial charge in [0.25, 0.3) is 0 Å². The normalized spacial score (nSPS) is 23.6. The summed E-state index contributed by atoms with van der Waals surface area (Å²) in [6, 6.07) is 5.18. The minimum absolute atomic E-state index is 0.00363. The second-order valence-corrected chi connectivity index (χ2v) is 12.9. The molecule has 2 aliphatic rings. The van der Waals surface area contributed by atoms with Crippen LogP contribution in [0, 0.1) is 12.3 Å². The predicted octanol–water partition coefficient (Wildman–Crippen LogP) is 0.883. The Labute approximate surface area is 159 Å². The fourth-order valence-electron chi connectivity index (χ4n) is 3.60. The molecule has 1 spiro atoms. The van der Waals surface area contributed by atoms with Gasteiger partial charge in [-0.25, -0.2) is 16.8 Å². The van der Waals surface area contributed by atoms with Crippen molar-refractivity contribution in [2.45, 2.75) is 43.4 Å². The van der Waals surface area contributed by atoms with Crippen LogP contribution in [0.4, 0.5) is 0 Å². The zero-order chi connectivity index (χ0) is 20.4. The van der Waals surface area contributed by atoms with Crippen molar-refractivity contribution in [3.05, 3.63) is 29.8 Å². The average molecular weight is 417 g/mol. The molecule has 0 bridgehead atoms. The van der Waals surface area contributed by atoms with Crippen LogP contribution in [0.1, 0.15) is 26.3 Å². The van der Waals surface area contributed by atoms with E-state index in [0.29, 0.717) is 0 Å². The molecule has 8 nitrogen and oxygen atoms in total. The summed E-state index contributed by atoms with van der Waals surface area (Å²) in [4.78, 5) is 11.9. The topological polar surface area (TPSA) is 112 Å². The van der Waals surface area contributed by atoms with Crippen molar-refractivity contribution >= 4 is 26.0 Å². The van der Waals surface area contributed by atoms with Crippen molar-refractivity contribution in [3.8, 4) is 0 Å². The maximum atomic E-state index is 12.7. The first-order valence-corrected chi connectivity index (χ1v) is 11.4. The molecule has 0 saturated carbocycles. The van der Waals surface area contributed by atoms with Gasteiger partial charge in [0.05, 0.1) is 9.64 Å². The molecule has 150 valence electrons. The molecule has 1 N–H and O–H groups in total. The fraction of sp³-hybridized carbons (Fsp3) is 0.588. The Morgan fingerprint density at radius 2 is 1.59 bits per heavy atom. The molecule has 1 aromatic rings. The first-order chi connectivity index (χ1) is 12.2. The standard InChI is InChI=1S/C17H24N2O6S2/c1-12-5-7-13(8-6-12)26(22,23)18-9-17(10-18)11-19(14(17)15(20)21)27(24,25)16(2,3)4/h5-8,14H,9-11H2,1-4H3,(H,20,21). The van der Waals surface area contributed by atoms with E-state index in [1.54, 1.807) is 12.1 Å². The summed E-state index contributed by atoms with van der Waals surface area (Å²) >= 11 is 0. The third kappa shape index (κ3) is 2.98. The Morgan fingerprint density at radius 3 is 2.04 bits per heavy atom. The number of aliphatic carboxylic acids is 1. The maximum absolute atomic E-state index is 12.7. The van der Waals surface area contributed by atoms with E-state index in [9.17, 15) is 26.7 Å². The number of hydrogen-bond acceptors (Lipinski definition) is 5. The second kappa shape index (κ2) is 6.00. The fourth-order valence-corrected chi connectivity index (χ4v) is 6.95. The summed E-state index contributed by atoms with van der Waals surface area (Å²) < 4.78 is 51.8. The molecule has 1 atom stereocenters. The summed E-state index contributed by atoms with van der Waals surface area (Å²) in [6.45, 7) is 6.41. The van der Waals surface area contributed by atoms with Gasteiger partial charge in [-0.3, -0.25) is 4.79 Å². The number of rotatable bonds is 4. The van der Waals surface area contributed by atoms with Crippen LogP contribution in [0.3, 0.4) is 0 Å². The zero-order valence-electron chi connectivity index (χ0n) is 15.7. The van der Waals surface area contributed by atoms with Crippen LogP contribution in [0.15, 0.2) is 29.2 Å². The Bertz CT molecular complexity index is 971. The van der Waals surface area contributed by atoms with E-state index >= 15 is 0 Å². The Hall–Kier alpha value is -1.49. The van der Waals surface area contributed by atoms with Gasteiger partial charge in [-0.2, -0.15) is 8.61 Å². The number of carboxylic acid groups (broad SMARTS) is 1. The van der Waals surface area contributed by atoms with E-state index in [1.807, 2.05) is 6.92 Å². The molecule has 0 radical (unpaired) electrons. The van der Waals surface area contributed by atoms with Gasteiger partial charge in [-0.15, -0.1) is 0 Å². The summed E-state index contributed by atoms with van der Waals surface area (Å²) in [5, 5.41) is 9.60. The lowest BCUT2D eigenvalue weighted by molar-refractivity contribution is -0.167. The monoisotopic (exact) mass is 416 g/mol. The highest BCUT2D eigenvalue weighted by Gasteiger charge is 2.68. The summed E-state index contributed by atoms with van der Waals surface area (Å²) in [7, 11) is -7.53. The van der Waals surface area contributed by atoms with Crippen LogP contribution in [0.2, 0.25) is 0 Å². The highest BCUT2D eigenvalue weighted by molar-refractivity contribution is 7.90. The second-order valence-electron chi connectivity index (χ2n) is 8.35. The van der Waals surface area contributed by atoms with Crippen LogP contribution in [-0.2, 0) is 24.8 Å². The average Bonchev–Trinajstić information content (AvgIpc) is 2.42. The Kier molecular flexibility index (Phi) is 4.50. The summed E-state index contributed by atoms with van der Waals surface area (Å²) in [6.07, 6.45) is 0. The molecule has 3 rings (SSSR count). The number of nitrogens with zero attached hydrogens (tertiary/aromatic N) is 2. The minimum Gasteiger partial charge on any atom is -0.480 e. The number of benzene rings is 1. The lowest BCUT2D eigenvalue weighted by Crippen LogP contribution is -2.81. The Balaban J connectivity index is 1.81. The highest BCUT2D eigenvalue weighted by atomic mass is 32.2. The first-order valence-electron chi connectivity index (χ1n) is 8.53. The molecule has 1 aromatic carbocycles. The first kappa shape index (κ1) is 20.2. The molecule has 2 saturated heterocycles. The van der Waals surface area contributed by atoms with Crippen LogP contribution in [0.5, 0.6) is 0 Å². The van der Waals surface area contributed by atoms with Crippen molar-refractivity contribution in [2.75, 3.05) is 19.6 Å². The van der Waals surface area contributed by atoms with Crippen molar-refractivity contribution < 1.29 is 26.7 Å². The molecule has 2 fully saturated rings. The maximum Gasteiger partial charge on any atom is 0.322 e. The number of hydrogen-bond donors (Lipinski definition) is 1. The van der Waals surface area contributed by atoms with Gasteiger partial charge in [0.2, 0.25) is 20.0 Å². The minimum atomic E-state index is -3.81. The van der Waals surface area contributed by atoms with Crippen LogP contribution in [0.25, 0.3) is 0 Å². The molecular weight excluding hydrogens is 392 g/mol. The quantitative estimate of drug-likeness (QED) is 0.780.